The Morgan fingerprint density at radius 3 is 1.97 bits per heavy atom. The Balaban J connectivity index is 1.19. The van der Waals surface area contributed by atoms with Gasteiger partial charge in [-0.2, -0.15) is 10.2 Å². The normalized spacial score (nSPS) is 29.6. The monoisotopic (exact) mass is 511 g/mol. The van der Waals surface area contributed by atoms with Crippen LogP contribution in [0.2, 0.25) is 0 Å². The van der Waals surface area contributed by atoms with Gasteiger partial charge in [0.1, 0.15) is 31.0 Å². The Kier molecular flexibility index (Phi) is 6.80. The number of rotatable bonds is 6. The molecule has 0 spiro atoms. The van der Waals surface area contributed by atoms with Gasteiger partial charge < -0.3 is 33.3 Å². The molecule has 0 radical (unpaired) electrons. The van der Waals surface area contributed by atoms with Crippen molar-refractivity contribution in [3.63, 3.8) is 0 Å². The van der Waals surface area contributed by atoms with Gasteiger partial charge in [-0.05, 0) is 76.2 Å². The van der Waals surface area contributed by atoms with Crippen LogP contribution in [0.15, 0.2) is 58.8 Å². The van der Waals surface area contributed by atoms with Crippen molar-refractivity contribution in [3.8, 4) is 0 Å². The van der Waals surface area contributed by atoms with Crippen molar-refractivity contribution < 1.29 is 33.2 Å². The number of nitrogens with zero attached hydrogens (tertiary/aromatic N) is 3. The molecule has 2 aromatic carbocycles. The van der Waals surface area contributed by atoms with Crippen LogP contribution in [-0.2, 0) is 28.4 Å². The maximum atomic E-state index is 12.8. The van der Waals surface area contributed by atoms with Crippen molar-refractivity contribution in [1.29, 1.82) is 0 Å². The number of hydrogen-bond acceptors (Lipinski definition) is 10. The Bertz CT molecular complexity index is 1150. The summed E-state index contributed by atoms with van der Waals surface area (Å²) in [5.41, 5.74) is 2.84. The molecular weight excluding hydrogens is 478 g/mol. The summed E-state index contributed by atoms with van der Waals surface area (Å²) >= 11 is 0. The summed E-state index contributed by atoms with van der Waals surface area (Å²) in [6.07, 6.45) is -2.50. The molecule has 37 heavy (non-hydrogen) atoms. The largest absolute Gasteiger partial charge is 0.459 e. The van der Waals surface area contributed by atoms with E-state index in [1.165, 1.54) is 0 Å². The summed E-state index contributed by atoms with van der Waals surface area (Å²) in [5, 5.41) is 8.50. The minimum Gasteiger partial charge on any atom is -0.459 e. The number of hydrogen-bond donors (Lipinski definition) is 0. The lowest BCUT2D eigenvalue weighted by atomic mass is 9.99. The summed E-state index contributed by atoms with van der Waals surface area (Å²) in [4.78, 5) is 14.8. The fourth-order valence-electron chi connectivity index (χ4n) is 4.67. The van der Waals surface area contributed by atoms with E-state index in [-0.39, 0.29) is 6.61 Å². The fraction of sp³-hybridized carbons (Fsp3) is 0.519. The molecule has 198 valence electrons. The van der Waals surface area contributed by atoms with Gasteiger partial charge in [-0.15, -0.1) is 0 Å². The van der Waals surface area contributed by atoms with Gasteiger partial charge >= 0.3 is 5.97 Å². The zero-order valence-electron chi connectivity index (χ0n) is 21.9. The first-order valence-corrected chi connectivity index (χ1v) is 12.3. The first kappa shape index (κ1) is 25.7. The maximum absolute atomic E-state index is 12.8. The third-order valence-electron chi connectivity index (χ3n) is 6.38. The number of azo groups is 1. The van der Waals surface area contributed by atoms with E-state index in [2.05, 4.69) is 10.2 Å². The van der Waals surface area contributed by atoms with Gasteiger partial charge in [0.15, 0.2) is 17.9 Å². The molecule has 3 heterocycles. The Labute approximate surface area is 216 Å². The minimum absolute atomic E-state index is 0.0170. The molecule has 0 aromatic heterocycles. The third-order valence-corrected chi connectivity index (χ3v) is 6.38. The zero-order chi connectivity index (χ0) is 26.4. The van der Waals surface area contributed by atoms with E-state index in [4.69, 9.17) is 28.4 Å². The van der Waals surface area contributed by atoms with E-state index >= 15 is 0 Å². The number of benzene rings is 2. The molecule has 1 unspecified atom stereocenters. The first-order chi connectivity index (χ1) is 17.5. The molecule has 3 saturated heterocycles. The van der Waals surface area contributed by atoms with Crippen LogP contribution in [0.3, 0.4) is 0 Å². The Morgan fingerprint density at radius 1 is 0.811 bits per heavy atom. The van der Waals surface area contributed by atoms with Crippen LogP contribution in [0.1, 0.15) is 38.1 Å². The first-order valence-electron chi connectivity index (χ1n) is 12.3. The van der Waals surface area contributed by atoms with E-state index in [9.17, 15) is 4.79 Å². The summed E-state index contributed by atoms with van der Waals surface area (Å²) in [5.74, 6) is -2.10. The van der Waals surface area contributed by atoms with Crippen molar-refractivity contribution >= 4 is 23.0 Å². The summed E-state index contributed by atoms with van der Waals surface area (Å²) in [6.45, 7) is 7.30. The highest BCUT2D eigenvalue weighted by atomic mass is 16.9. The molecule has 10 heteroatoms. The highest BCUT2D eigenvalue weighted by Crippen LogP contribution is 2.44. The standard InChI is InChI=1S/C27H33N3O7/c1-26(2)34-21-20(33-25-23(22(21)35-26)36-27(3,4)37-25)15-32-24(31)16-7-9-17(10-8-16)28-29-18-11-13-19(14-12-18)30(5)6/h7-14,20-23,25H,15H2,1-6H3/t20-,21-,22+,23-,25?/m1/s1. The van der Waals surface area contributed by atoms with Crippen molar-refractivity contribution in [1.82, 2.24) is 0 Å². The molecule has 3 aliphatic heterocycles. The Morgan fingerprint density at radius 2 is 1.35 bits per heavy atom. The average molecular weight is 512 g/mol. The summed E-state index contributed by atoms with van der Waals surface area (Å²) in [7, 11) is 3.96. The van der Waals surface area contributed by atoms with Crippen molar-refractivity contribution in [2.75, 3.05) is 25.6 Å². The number of fused-ring (bicyclic) bond motifs is 3. The molecule has 0 amide bonds. The lowest BCUT2D eigenvalue weighted by molar-refractivity contribution is -0.240. The van der Waals surface area contributed by atoms with E-state index < -0.39 is 48.2 Å². The molecule has 0 aliphatic carbocycles. The summed E-state index contributed by atoms with van der Waals surface area (Å²) < 4.78 is 35.7. The Hall–Kier alpha value is -2.89. The second-order valence-corrected chi connectivity index (χ2v) is 10.5. The second-order valence-electron chi connectivity index (χ2n) is 10.5. The van der Waals surface area contributed by atoms with Gasteiger partial charge in [0.25, 0.3) is 0 Å². The minimum atomic E-state index is -0.815. The fourth-order valence-corrected chi connectivity index (χ4v) is 4.67. The molecular formula is C27H33N3O7. The average Bonchev–Trinajstić information content (AvgIpc) is 3.35. The molecule has 2 aromatic rings. The predicted octanol–water partition coefficient (Wildman–Crippen LogP) is 4.72. The summed E-state index contributed by atoms with van der Waals surface area (Å²) in [6, 6.07) is 14.5. The highest BCUT2D eigenvalue weighted by molar-refractivity contribution is 5.89. The van der Waals surface area contributed by atoms with E-state index in [1.54, 1.807) is 24.3 Å². The topological polar surface area (TPSA) is 100 Å². The SMILES string of the molecule is CN(C)c1ccc(N=Nc2ccc(C(=O)OC[C@H]3OC4OC(C)(C)O[C@@H]4[C@H]4OC(C)(C)O[C@@H]43)cc2)cc1. The highest BCUT2D eigenvalue weighted by Gasteiger charge is 2.60. The van der Waals surface area contributed by atoms with Crippen LogP contribution >= 0.6 is 0 Å². The molecule has 5 rings (SSSR count). The third kappa shape index (κ3) is 5.68. The number of anilines is 1. The zero-order valence-corrected chi connectivity index (χ0v) is 21.9. The van der Waals surface area contributed by atoms with Crippen molar-refractivity contribution in [2.45, 2.75) is 70.0 Å². The van der Waals surface area contributed by atoms with Crippen LogP contribution in [0.4, 0.5) is 17.1 Å². The number of ether oxygens (including phenoxy) is 6. The van der Waals surface area contributed by atoms with Gasteiger partial charge in [-0.3, -0.25) is 0 Å². The molecule has 3 fully saturated rings. The van der Waals surface area contributed by atoms with Gasteiger partial charge in [-0.25, -0.2) is 4.79 Å². The van der Waals surface area contributed by atoms with Gasteiger partial charge in [0.2, 0.25) is 0 Å². The van der Waals surface area contributed by atoms with Crippen LogP contribution < -0.4 is 4.90 Å². The molecule has 0 bridgehead atoms. The number of carbonyl (C=O) groups excluding carboxylic acids is 1. The van der Waals surface area contributed by atoms with E-state index in [0.29, 0.717) is 11.3 Å². The lowest BCUT2D eigenvalue weighted by Gasteiger charge is -2.36. The van der Waals surface area contributed by atoms with Crippen molar-refractivity contribution in [2.24, 2.45) is 10.2 Å². The molecule has 3 aliphatic rings. The predicted molar refractivity (Wildman–Crippen MR) is 134 cm³/mol. The molecule has 0 saturated carbocycles. The van der Waals surface area contributed by atoms with Gasteiger partial charge in [0.05, 0.1) is 16.9 Å². The van der Waals surface area contributed by atoms with Crippen LogP contribution in [0.25, 0.3) is 0 Å². The smallest absolute Gasteiger partial charge is 0.338 e. The second kappa shape index (κ2) is 9.77. The lowest BCUT2D eigenvalue weighted by Crippen LogP contribution is -2.56. The van der Waals surface area contributed by atoms with Crippen LogP contribution in [-0.4, -0.2) is 69.0 Å². The molecule has 10 nitrogen and oxygen atoms in total. The van der Waals surface area contributed by atoms with E-state index in [1.807, 2.05) is 71.0 Å². The number of esters is 1. The van der Waals surface area contributed by atoms with E-state index in [0.717, 1.165) is 11.4 Å². The molecule has 0 N–H and O–H groups in total. The maximum Gasteiger partial charge on any atom is 0.338 e. The quantitative estimate of drug-likeness (QED) is 0.406. The van der Waals surface area contributed by atoms with Crippen LogP contribution in [0, 0.1) is 0 Å². The van der Waals surface area contributed by atoms with Crippen LogP contribution in [0.5, 0.6) is 0 Å². The number of carbonyl (C=O) groups is 1. The molecule has 5 atom stereocenters. The van der Waals surface area contributed by atoms with Gasteiger partial charge in [-0.1, -0.05) is 0 Å². The van der Waals surface area contributed by atoms with Crippen molar-refractivity contribution in [3.05, 3.63) is 54.1 Å². The van der Waals surface area contributed by atoms with Gasteiger partial charge in [0, 0.05) is 19.8 Å².